The van der Waals surface area contributed by atoms with E-state index in [4.69, 9.17) is 0 Å². The molecule has 3 aromatic rings. The van der Waals surface area contributed by atoms with E-state index >= 15 is 0 Å². The smallest absolute Gasteiger partial charge is 0.144 e. The van der Waals surface area contributed by atoms with E-state index in [0.29, 0.717) is 6.16 Å². The normalized spacial score (nSPS) is 12.3. The molecule has 3 aromatic carbocycles. The number of benzene rings is 3. The van der Waals surface area contributed by atoms with E-state index in [1.807, 2.05) is 91.2 Å². The molecule has 0 N–H and O–H groups in total. The zero-order valence-electron chi connectivity index (χ0n) is 14.6. The molecule has 0 saturated heterocycles. The minimum absolute atomic E-state index is 0.302. The lowest BCUT2D eigenvalue weighted by molar-refractivity contribution is 0.585. The molecule has 0 radical (unpaired) electrons. The van der Waals surface area contributed by atoms with Crippen molar-refractivity contribution in [3.05, 3.63) is 90.5 Å². The summed E-state index contributed by atoms with van der Waals surface area (Å²) in [6.07, 6.45) is 2.33. The highest BCUT2D eigenvalue weighted by Gasteiger charge is 2.31. The maximum atomic E-state index is 14.1. The van der Waals surface area contributed by atoms with Gasteiger partial charge in [-0.1, -0.05) is 72.8 Å². The van der Waals surface area contributed by atoms with Crippen molar-refractivity contribution in [2.75, 3.05) is 12.4 Å². The summed E-state index contributed by atoms with van der Waals surface area (Å²) in [5.41, 5.74) is 0.914. The lowest BCUT2D eigenvalue weighted by Gasteiger charge is -2.22. The Hall–Kier alpha value is -2.27. The van der Waals surface area contributed by atoms with Gasteiger partial charge < -0.3 is 4.57 Å². The van der Waals surface area contributed by atoms with Gasteiger partial charge in [0.05, 0.1) is 12.0 Å². The molecule has 0 spiro atoms. The van der Waals surface area contributed by atoms with Crippen molar-refractivity contribution >= 4 is 29.5 Å². The summed E-state index contributed by atoms with van der Waals surface area (Å²) in [7, 11) is -2.91. The van der Waals surface area contributed by atoms with Gasteiger partial charge in [-0.3, -0.25) is 0 Å². The highest BCUT2D eigenvalue weighted by Crippen LogP contribution is 2.47. The molecule has 1 atom stereocenters. The summed E-state index contributed by atoms with van der Waals surface area (Å²) >= 11 is 1.67. The van der Waals surface area contributed by atoms with E-state index in [-0.39, 0.29) is 0 Å². The van der Waals surface area contributed by atoms with Crippen LogP contribution in [0.1, 0.15) is 11.5 Å². The molecule has 3 rings (SSSR count). The van der Waals surface area contributed by atoms with Crippen molar-refractivity contribution < 1.29 is 4.57 Å². The van der Waals surface area contributed by atoms with Crippen LogP contribution in [-0.2, 0) is 4.57 Å². The minimum Gasteiger partial charge on any atom is -0.314 e. The van der Waals surface area contributed by atoms with Crippen LogP contribution in [0.3, 0.4) is 0 Å². The molecule has 130 valence electrons. The summed E-state index contributed by atoms with van der Waals surface area (Å²) in [4.78, 5) is 1.15. The lowest BCUT2D eigenvalue weighted by atomic mass is 10.0. The monoisotopic (exact) mass is 377 g/mol. The number of nitriles is 1. The van der Waals surface area contributed by atoms with Crippen LogP contribution in [0.2, 0.25) is 0 Å². The number of nitrogens with zero attached hydrogens (tertiary/aromatic N) is 1. The van der Waals surface area contributed by atoms with Gasteiger partial charge in [0.2, 0.25) is 0 Å². The van der Waals surface area contributed by atoms with E-state index in [0.717, 1.165) is 21.1 Å². The fraction of sp³-hybridized carbons (Fsp3) is 0.136. The van der Waals surface area contributed by atoms with Gasteiger partial charge in [0, 0.05) is 21.7 Å². The first-order valence-corrected chi connectivity index (χ1v) is 11.5. The topological polar surface area (TPSA) is 40.9 Å². The Bertz CT molecular complexity index is 890. The van der Waals surface area contributed by atoms with E-state index < -0.39 is 13.1 Å². The minimum atomic E-state index is -2.91. The Kier molecular flexibility index (Phi) is 5.99. The van der Waals surface area contributed by atoms with E-state index in [1.54, 1.807) is 11.8 Å². The Balaban J connectivity index is 2.02. The van der Waals surface area contributed by atoms with Gasteiger partial charge in [0.15, 0.2) is 0 Å². The van der Waals surface area contributed by atoms with Gasteiger partial charge in [-0.05, 0) is 24.0 Å². The van der Waals surface area contributed by atoms with E-state index in [1.165, 1.54) is 0 Å². The van der Waals surface area contributed by atoms with E-state index in [9.17, 15) is 9.83 Å². The van der Waals surface area contributed by atoms with Crippen LogP contribution in [0.4, 0.5) is 0 Å². The standard InChI is InChI=1S/C22H20NOPS/c1-26-22-14-12-18(13-15-22)19(16-23)17-25(24,20-8-4-2-5-9-20)21-10-6-3-7-11-21/h2-15,19H,17H2,1H3/t19-/m1/s1. The molecular weight excluding hydrogens is 357 g/mol. The molecule has 0 unspecified atom stereocenters. The first-order chi connectivity index (χ1) is 12.7. The molecule has 0 saturated carbocycles. The van der Waals surface area contributed by atoms with Crippen LogP contribution in [0.5, 0.6) is 0 Å². The van der Waals surface area contributed by atoms with Crippen molar-refractivity contribution in [2.24, 2.45) is 0 Å². The molecule has 0 aliphatic heterocycles. The van der Waals surface area contributed by atoms with Crippen molar-refractivity contribution in [1.29, 1.82) is 5.26 Å². The van der Waals surface area contributed by atoms with Crippen molar-refractivity contribution in [3.8, 4) is 6.07 Å². The van der Waals surface area contributed by atoms with Crippen LogP contribution < -0.4 is 10.6 Å². The second-order valence-corrected chi connectivity index (χ2v) is 9.81. The summed E-state index contributed by atoms with van der Waals surface area (Å²) in [6, 6.07) is 29.4. The molecule has 0 bridgehead atoms. The zero-order chi connectivity index (χ0) is 18.4. The van der Waals surface area contributed by atoms with Gasteiger partial charge in [0.25, 0.3) is 0 Å². The molecule has 0 aliphatic rings. The number of thioether (sulfide) groups is 1. The Morgan fingerprint density at radius 3 is 1.81 bits per heavy atom. The second kappa shape index (κ2) is 8.41. The molecule has 0 fully saturated rings. The average molecular weight is 377 g/mol. The average Bonchev–Trinajstić information content (AvgIpc) is 2.73. The summed E-state index contributed by atoms with van der Waals surface area (Å²) in [5, 5.41) is 11.4. The molecular formula is C22H20NOPS. The van der Waals surface area contributed by atoms with Crippen LogP contribution in [0, 0.1) is 11.3 Å². The van der Waals surface area contributed by atoms with Crippen LogP contribution >= 0.6 is 18.9 Å². The molecule has 0 heterocycles. The van der Waals surface area contributed by atoms with Crippen LogP contribution in [0.15, 0.2) is 89.8 Å². The highest BCUT2D eigenvalue weighted by atomic mass is 32.2. The third-order valence-electron chi connectivity index (χ3n) is 4.46. The van der Waals surface area contributed by atoms with Gasteiger partial charge in [-0.2, -0.15) is 5.26 Å². The van der Waals surface area contributed by atoms with Crippen molar-refractivity contribution in [1.82, 2.24) is 0 Å². The summed E-state index contributed by atoms with van der Waals surface area (Å²) < 4.78 is 14.1. The zero-order valence-corrected chi connectivity index (χ0v) is 16.3. The third-order valence-corrected chi connectivity index (χ3v) is 8.35. The molecule has 2 nitrogen and oxygen atoms in total. The van der Waals surface area contributed by atoms with Gasteiger partial charge in [-0.25, -0.2) is 0 Å². The van der Waals surface area contributed by atoms with Gasteiger partial charge in [-0.15, -0.1) is 11.8 Å². The predicted molar refractivity (Wildman–Crippen MR) is 111 cm³/mol. The number of rotatable bonds is 6. The van der Waals surface area contributed by atoms with Crippen LogP contribution in [0.25, 0.3) is 0 Å². The molecule has 26 heavy (non-hydrogen) atoms. The fourth-order valence-corrected chi connectivity index (χ4v) is 6.25. The van der Waals surface area contributed by atoms with Gasteiger partial charge >= 0.3 is 0 Å². The highest BCUT2D eigenvalue weighted by molar-refractivity contribution is 7.98. The third kappa shape index (κ3) is 3.93. The number of hydrogen-bond acceptors (Lipinski definition) is 3. The second-order valence-electron chi connectivity index (χ2n) is 6.05. The number of hydrogen-bond donors (Lipinski definition) is 0. The Morgan fingerprint density at radius 2 is 1.38 bits per heavy atom. The van der Waals surface area contributed by atoms with Crippen LogP contribution in [-0.4, -0.2) is 12.4 Å². The SMILES string of the molecule is CSc1ccc([C@H](C#N)CP(=O)(c2ccccc2)c2ccccc2)cc1. The Morgan fingerprint density at radius 1 is 0.885 bits per heavy atom. The summed E-state index contributed by atoms with van der Waals surface area (Å²) in [6.45, 7) is 0. The molecule has 4 heteroatoms. The maximum absolute atomic E-state index is 14.1. The molecule has 0 amide bonds. The largest absolute Gasteiger partial charge is 0.314 e. The fourth-order valence-electron chi connectivity index (χ4n) is 3.01. The van der Waals surface area contributed by atoms with Crippen molar-refractivity contribution in [2.45, 2.75) is 10.8 Å². The quantitative estimate of drug-likeness (QED) is 0.447. The van der Waals surface area contributed by atoms with Crippen molar-refractivity contribution in [3.63, 3.8) is 0 Å². The first kappa shape index (κ1) is 18.5. The lowest BCUT2D eigenvalue weighted by Crippen LogP contribution is -2.21. The first-order valence-electron chi connectivity index (χ1n) is 8.41. The summed E-state index contributed by atoms with van der Waals surface area (Å²) in [5.74, 6) is -0.419. The van der Waals surface area contributed by atoms with E-state index in [2.05, 4.69) is 6.07 Å². The van der Waals surface area contributed by atoms with Gasteiger partial charge in [0.1, 0.15) is 7.14 Å². The molecule has 0 aliphatic carbocycles. The Labute approximate surface area is 159 Å². The molecule has 0 aromatic heterocycles. The predicted octanol–water partition coefficient (Wildman–Crippen LogP) is 5.03. The maximum Gasteiger partial charge on any atom is 0.144 e.